The van der Waals surface area contributed by atoms with Crippen LogP contribution in [0.25, 0.3) is 0 Å². The fraction of sp³-hybridized carbons (Fsp3) is 0.676. The predicted octanol–water partition coefficient (Wildman–Crippen LogP) is 10.7. The van der Waals surface area contributed by atoms with Crippen LogP contribution in [0.1, 0.15) is 137 Å². The third-order valence-electron chi connectivity index (χ3n) is 9.11. The SMILES string of the molecule is C.C.C.C.CNCC1CCCc2ccsc21.NCC1CCCc2ccsc21.c1cc2c(s1)C(CN1CCCCC1)CCC2. The summed E-state index contributed by atoms with van der Waals surface area (Å²) >= 11 is 5.81. The summed E-state index contributed by atoms with van der Waals surface area (Å²) in [5, 5.41) is 9.99. The number of nitrogens with zero attached hydrogens (tertiary/aromatic N) is 1. The van der Waals surface area contributed by atoms with Gasteiger partial charge in [0, 0.05) is 45.5 Å². The maximum Gasteiger partial charge on any atom is 0.0121 e. The van der Waals surface area contributed by atoms with Crippen molar-refractivity contribution in [3.05, 3.63) is 65.7 Å². The Hall–Kier alpha value is -1.02. The molecule has 4 heterocycles. The van der Waals surface area contributed by atoms with Gasteiger partial charge in [-0.15, -0.1) is 34.0 Å². The first-order chi connectivity index (χ1) is 19.3. The molecule has 1 saturated heterocycles. The molecule has 0 radical (unpaired) electrons. The van der Waals surface area contributed by atoms with Crippen LogP contribution in [0.2, 0.25) is 0 Å². The van der Waals surface area contributed by atoms with E-state index in [9.17, 15) is 0 Å². The molecule has 3 aliphatic carbocycles. The van der Waals surface area contributed by atoms with Crippen LogP contribution in [0.5, 0.6) is 0 Å². The molecule has 246 valence electrons. The molecule has 43 heavy (non-hydrogen) atoms. The van der Waals surface area contributed by atoms with Gasteiger partial charge >= 0.3 is 0 Å². The van der Waals surface area contributed by atoms with Gasteiger partial charge in [-0.3, -0.25) is 0 Å². The molecule has 0 aromatic carbocycles. The molecular formula is C37H65N3S3. The van der Waals surface area contributed by atoms with E-state index >= 15 is 0 Å². The molecule has 3 unspecified atom stereocenters. The standard InChI is InChI=1S/C14H21NS.C10H15NS.C9H13NS.4CH4/c1-2-8-15(9-3-1)11-13-6-4-5-12-7-10-16-14(12)13;1-11-7-9-4-2-3-8-5-6-12-10(8)9;10-6-8-3-1-2-7-4-5-11-9(7)8;;;;/h7,10,13H,1-6,8-9,11H2;5-6,9,11H,2-4,7H2,1H3;4-5,8H,1-3,6,10H2;4*1H4. The minimum absolute atomic E-state index is 0. The van der Waals surface area contributed by atoms with Gasteiger partial charge in [-0.1, -0.05) is 36.1 Å². The monoisotopic (exact) mass is 647 g/mol. The second kappa shape index (κ2) is 20.9. The quantitative estimate of drug-likeness (QED) is 0.289. The maximum absolute atomic E-state index is 5.68. The Morgan fingerprint density at radius 3 is 1.58 bits per heavy atom. The maximum atomic E-state index is 5.68. The zero-order chi connectivity index (χ0) is 26.9. The molecule has 3 aromatic rings. The lowest BCUT2D eigenvalue weighted by Crippen LogP contribution is -2.34. The highest BCUT2D eigenvalue weighted by Crippen LogP contribution is 2.37. The molecule has 0 bridgehead atoms. The molecule has 6 heteroatoms. The van der Waals surface area contributed by atoms with E-state index in [1.807, 2.05) is 41.1 Å². The molecule has 7 rings (SSSR count). The highest BCUT2D eigenvalue weighted by molar-refractivity contribution is 7.10. The second-order valence-electron chi connectivity index (χ2n) is 11.9. The lowest BCUT2D eigenvalue weighted by Gasteiger charge is -2.32. The van der Waals surface area contributed by atoms with Crippen molar-refractivity contribution in [2.75, 3.05) is 39.8 Å². The normalized spacial score (nSPS) is 22.0. The lowest BCUT2D eigenvalue weighted by atomic mass is 9.89. The van der Waals surface area contributed by atoms with Crippen LogP contribution in [0, 0.1) is 0 Å². The van der Waals surface area contributed by atoms with Crippen LogP contribution in [0.15, 0.2) is 34.3 Å². The average Bonchev–Trinajstić information content (AvgIpc) is 3.76. The summed E-state index contributed by atoms with van der Waals surface area (Å²) in [4.78, 5) is 7.59. The topological polar surface area (TPSA) is 41.3 Å². The van der Waals surface area contributed by atoms with Crippen molar-refractivity contribution in [3.63, 3.8) is 0 Å². The van der Waals surface area contributed by atoms with Crippen LogP contribution >= 0.6 is 34.0 Å². The fourth-order valence-electron chi connectivity index (χ4n) is 7.04. The Morgan fingerprint density at radius 1 is 0.651 bits per heavy atom. The molecule has 0 saturated carbocycles. The van der Waals surface area contributed by atoms with Crippen LogP contribution < -0.4 is 11.1 Å². The van der Waals surface area contributed by atoms with Gasteiger partial charge in [-0.05, 0) is 148 Å². The summed E-state index contributed by atoms with van der Waals surface area (Å²) in [5.74, 6) is 2.30. The van der Waals surface area contributed by atoms with Gasteiger partial charge in [0.2, 0.25) is 0 Å². The number of hydrogen-bond donors (Lipinski definition) is 2. The highest BCUT2D eigenvalue weighted by atomic mass is 32.1. The summed E-state index contributed by atoms with van der Waals surface area (Å²) in [6.45, 7) is 5.99. The number of hydrogen-bond acceptors (Lipinski definition) is 6. The lowest BCUT2D eigenvalue weighted by molar-refractivity contribution is 0.210. The average molecular weight is 648 g/mol. The van der Waals surface area contributed by atoms with E-state index in [1.165, 1.54) is 96.7 Å². The number of likely N-dealkylation sites (N-methyl/N-ethyl adjacent to an activating group) is 1. The van der Waals surface area contributed by atoms with E-state index in [0.29, 0.717) is 5.92 Å². The number of likely N-dealkylation sites (tertiary alicyclic amines) is 1. The first-order valence-electron chi connectivity index (χ1n) is 15.5. The molecule has 3 N–H and O–H groups in total. The zero-order valence-electron chi connectivity index (χ0n) is 24.0. The molecule has 4 aliphatic rings. The summed E-state index contributed by atoms with van der Waals surface area (Å²) in [6, 6.07) is 6.89. The van der Waals surface area contributed by atoms with Crippen molar-refractivity contribution in [2.45, 2.75) is 125 Å². The molecule has 3 aromatic heterocycles. The summed E-state index contributed by atoms with van der Waals surface area (Å²) in [5.41, 5.74) is 10.5. The van der Waals surface area contributed by atoms with Crippen LogP contribution in [0.4, 0.5) is 0 Å². The predicted molar refractivity (Wildman–Crippen MR) is 200 cm³/mol. The van der Waals surface area contributed by atoms with Crippen molar-refractivity contribution >= 4 is 34.0 Å². The number of nitrogens with two attached hydrogens (primary N) is 1. The largest absolute Gasteiger partial charge is 0.330 e. The molecule has 3 atom stereocenters. The summed E-state index contributed by atoms with van der Waals surface area (Å²) in [6.07, 6.45) is 16.4. The molecule has 0 spiro atoms. The van der Waals surface area contributed by atoms with Crippen molar-refractivity contribution < 1.29 is 0 Å². The molecule has 1 aliphatic heterocycles. The van der Waals surface area contributed by atoms with E-state index in [-0.39, 0.29) is 29.7 Å². The summed E-state index contributed by atoms with van der Waals surface area (Å²) < 4.78 is 0. The van der Waals surface area contributed by atoms with Gasteiger partial charge < -0.3 is 16.0 Å². The number of aryl methyl sites for hydroxylation is 3. The zero-order valence-corrected chi connectivity index (χ0v) is 26.4. The Labute approximate surface area is 278 Å². The second-order valence-corrected chi connectivity index (χ2v) is 14.7. The number of rotatable bonds is 5. The van der Waals surface area contributed by atoms with Gasteiger partial charge in [0.25, 0.3) is 0 Å². The number of thiophene rings is 3. The first kappa shape index (κ1) is 40.0. The van der Waals surface area contributed by atoms with E-state index in [4.69, 9.17) is 5.73 Å². The van der Waals surface area contributed by atoms with E-state index in [1.54, 1.807) is 31.3 Å². The third-order valence-corrected chi connectivity index (χ3v) is 12.5. The first-order valence-corrected chi connectivity index (χ1v) is 18.2. The van der Waals surface area contributed by atoms with Crippen molar-refractivity contribution in [2.24, 2.45) is 5.73 Å². The number of nitrogens with one attached hydrogen (secondary N) is 1. The fourth-order valence-corrected chi connectivity index (χ4v) is 10.3. The minimum Gasteiger partial charge on any atom is -0.330 e. The number of piperidine rings is 1. The number of fused-ring (bicyclic) bond motifs is 3. The molecular weight excluding hydrogens is 583 g/mol. The van der Waals surface area contributed by atoms with Crippen molar-refractivity contribution in [1.82, 2.24) is 10.2 Å². The third kappa shape index (κ3) is 10.8. The Balaban J connectivity index is 0.000000314. The molecule has 3 nitrogen and oxygen atoms in total. The highest BCUT2D eigenvalue weighted by Gasteiger charge is 2.24. The van der Waals surface area contributed by atoms with Gasteiger partial charge in [0.1, 0.15) is 0 Å². The van der Waals surface area contributed by atoms with Gasteiger partial charge in [-0.25, -0.2) is 0 Å². The summed E-state index contributed by atoms with van der Waals surface area (Å²) in [7, 11) is 2.04. The van der Waals surface area contributed by atoms with Crippen molar-refractivity contribution in [3.8, 4) is 0 Å². The molecule has 0 amide bonds. The van der Waals surface area contributed by atoms with Crippen molar-refractivity contribution in [1.29, 1.82) is 0 Å². The van der Waals surface area contributed by atoms with E-state index < -0.39 is 0 Å². The Bertz CT molecular complexity index is 1110. The van der Waals surface area contributed by atoms with Gasteiger partial charge in [-0.2, -0.15) is 0 Å². The van der Waals surface area contributed by atoms with Crippen LogP contribution in [0.3, 0.4) is 0 Å². The Kier molecular flexibility index (Phi) is 19.4. The van der Waals surface area contributed by atoms with Gasteiger partial charge in [0.15, 0.2) is 0 Å². The van der Waals surface area contributed by atoms with Gasteiger partial charge in [0.05, 0.1) is 0 Å². The van der Waals surface area contributed by atoms with Crippen LogP contribution in [-0.4, -0.2) is 44.7 Å². The Morgan fingerprint density at radius 2 is 1.09 bits per heavy atom. The van der Waals surface area contributed by atoms with Crippen LogP contribution in [-0.2, 0) is 19.3 Å². The molecule has 1 fully saturated rings. The smallest absolute Gasteiger partial charge is 0.0121 e. The van der Waals surface area contributed by atoms with E-state index in [0.717, 1.165) is 24.9 Å². The minimum atomic E-state index is 0. The van der Waals surface area contributed by atoms with E-state index in [2.05, 4.69) is 44.6 Å².